The van der Waals surface area contributed by atoms with Gasteiger partial charge in [0.1, 0.15) is 0 Å². The second-order valence-corrected chi connectivity index (χ2v) is 7.90. The molecule has 2 heterocycles. The molecule has 28 heavy (non-hydrogen) atoms. The van der Waals surface area contributed by atoms with Gasteiger partial charge in [-0.25, -0.2) is 5.43 Å². The molecule has 1 unspecified atom stereocenters. The molecule has 1 fully saturated rings. The Morgan fingerprint density at radius 2 is 2.07 bits per heavy atom. The Bertz CT molecular complexity index is 689. The number of benzene rings is 1. The zero-order chi connectivity index (χ0) is 19.8. The van der Waals surface area contributed by atoms with Gasteiger partial charge in [-0.3, -0.25) is 9.59 Å². The Kier molecular flexibility index (Phi) is 7.60. The smallest absolute Gasteiger partial charge is 0.240 e. The highest BCUT2D eigenvalue weighted by molar-refractivity contribution is 5.94. The molecule has 2 aliphatic rings. The zero-order valence-electron chi connectivity index (χ0n) is 16.9. The fourth-order valence-corrected chi connectivity index (χ4v) is 4.02. The fourth-order valence-electron chi connectivity index (χ4n) is 4.02. The van der Waals surface area contributed by atoms with Gasteiger partial charge in [-0.15, -0.1) is 0 Å². The molecular formula is C22H32N4O2. The van der Waals surface area contributed by atoms with Crippen molar-refractivity contribution in [3.8, 4) is 0 Å². The third-order valence-corrected chi connectivity index (χ3v) is 5.81. The number of aryl methyl sites for hydroxylation is 1. The first kappa shape index (κ1) is 20.5. The molecule has 0 spiro atoms. The number of nitrogens with zero attached hydrogens (tertiary/aromatic N) is 3. The second kappa shape index (κ2) is 10.4. The first-order valence-electron chi connectivity index (χ1n) is 10.5. The van der Waals surface area contributed by atoms with E-state index in [4.69, 9.17) is 0 Å². The van der Waals surface area contributed by atoms with E-state index in [-0.39, 0.29) is 11.8 Å². The highest BCUT2D eigenvalue weighted by Gasteiger charge is 2.26. The number of hydrazone groups is 1. The Morgan fingerprint density at radius 3 is 2.82 bits per heavy atom. The van der Waals surface area contributed by atoms with Gasteiger partial charge in [0.05, 0.1) is 0 Å². The number of carbonyl (C=O) groups is 2. The normalized spacial score (nSPS) is 20.4. The minimum Gasteiger partial charge on any atom is -0.341 e. The Labute approximate surface area is 168 Å². The summed E-state index contributed by atoms with van der Waals surface area (Å²) in [5.41, 5.74) is 4.82. The molecule has 0 radical (unpaired) electrons. The monoisotopic (exact) mass is 384 g/mol. The fraction of sp³-hybridized carbons (Fsp3) is 0.591. The largest absolute Gasteiger partial charge is 0.341 e. The van der Waals surface area contributed by atoms with Gasteiger partial charge in [-0.2, -0.15) is 5.10 Å². The van der Waals surface area contributed by atoms with Crippen molar-refractivity contribution >= 4 is 17.5 Å². The lowest BCUT2D eigenvalue weighted by molar-refractivity contribution is -0.132. The van der Waals surface area contributed by atoms with Gasteiger partial charge in [0.2, 0.25) is 11.8 Å². The lowest BCUT2D eigenvalue weighted by Crippen LogP contribution is -2.48. The number of rotatable bonds is 8. The van der Waals surface area contributed by atoms with E-state index in [1.165, 1.54) is 5.56 Å². The van der Waals surface area contributed by atoms with Crippen LogP contribution in [-0.2, 0) is 16.0 Å². The number of hydrogen-bond donors (Lipinski definition) is 1. The molecule has 1 aromatic carbocycles. The maximum absolute atomic E-state index is 12.6. The van der Waals surface area contributed by atoms with Gasteiger partial charge in [0.25, 0.3) is 0 Å². The first-order chi connectivity index (χ1) is 13.6. The minimum absolute atomic E-state index is 0.0400. The molecule has 6 nitrogen and oxygen atoms in total. The highest BCUT2D eigenvalue weighted by atomic mass is 16.2. The number of amides is 2. The summed E-state index contributed by atoms with van der Waals surface area (Å²) in [6, 6.07) is 10.9. The van der Waals surface area contributed by atoms with Crippen molar-refractivity contribution in [2.75, 3.05) is 26.7 Å². The van der Waals surface area contributed by atoms with Crippen molar-refractivity contribution in [1.29, 1.82) is 0 Å². The molecule has 0 saturated carbocycles. The van der Waals surface area contributed by atoms with Crippen LogP contribution in [0.5, 0.6) is 0 Å². The summed E-state index contributed by atoms with van der Waals surface area (Å²) in [6.45, 7) is 3.18. The van der Waals surface area contributed by atoms with Crippen molar-refractivity contribution in [1.82, 2.24) is 15.2 Å². The van der Waals surface area contributed by atoms with Crippen LogP contribution in [0, 0.1) is 0 Å². The van der Waals surface area contributed by atoms with Crippen LogP contribution in [0.3, 0.4) is 0 Å². The van der Waals surface area contributed by atoms with E-state index in [0.717, 1.165) is 51.0 Å². The van der Waals surface area contributed by atoms with E-state index in [1.807, 2.05) is 11.9 Å². The van der Waals surface area contributed by atoms with Gasteiger partial charge in [0, 0.05) is 38.2 Å². The second-order valence-electron chi connectivity index (χ2n) is 7.90. The van der Waals surface area contributed by atoms with Gasteiger partial charge < -0.3 is 9.80 Å². The molecule has 0 bridgehead atoms. The van der Waals surface area contributed by atoms with Crippen LogP contribution in [0.2, 0.25) is 0 Å². The van der Waals surface area contributed by atoms with Crippen LogP contribution >= 0.6 is 0 Å². The van der Waals surface area contributed by atoms with Gasteiger partial charge in [0.15, 0.2) is 0 Å². The molecule has 3 rings (SSSR count). The average Bonchev–Trinajstić information content (AvgIpc) is 2.73. The third kappa shape index (κ3) is 6.16. The van der Waals surface area contributed by atoms with Crippen molar-refractivity contribution in [3.05, 3.63) is 35.9 Å². The number of nitrogens with one attached hydrogen (secondary N) is 1. The number of likely N-dealkylation sites (N-methyl/N-ethyl adjacent to an activating group) is 1. The maximum atomic E-state index is 12.6. The molecule has 1 atom stereocenters. The van der Waals surface area contributed by atoms with Crippen LogP contribution < -0.4 is 5.43 Å². The molecule has 152 valence electrons. The van der Waals surface area contributed by atoms with E-state index in [0.29, 0.717) is 31.7 Å². The molecule has 1 N–H and O–H groups in total. The summed E-state index contributed by atoms with van der Waals surface area (Å²) >= 11 is 0. The summed E-state index contributed by atoms with van der Waals surface area (Å²) in [7, 11) is 1.94. The predicted molar refractivity (Wildman–Crippen MR) is 111 cm³/mol. The van der Waals surface area contributed by atoms with E-state index in [9.17, 15) is 9.59 Å². The molecular weight excluding hydrogens is 352 g/mol. The Balaban J connectivity index is 1.39. The summed E-state index contributed by atoms with van der Waals surface area (Å²) in [5, 5.41) is 4.06. The standard InChI is InChI=1S/C22H32N4O2/c1-25(22(28)14-12-19-11-13-21(27)24-23-19)20-10-6-16-26(17-20)15-5-9-18-7-3-2-4-8-18/h2-4,7-8,20H,5-6,9-17H2,1H3,(H,24,27). The number of piperidine rings is 1. The average molecular weight is 385 g/mol. The zero-order valence-corrected chi connectivity index (χ0v) is 16.9. The van der Waals surface area contributed by atoms with Crippen LogP contribution in [0.15, 0.2) is 35.4 Å². The lowest BCUT2D eigenvalue weighted by atomic mass is 10.0. The molecule has 2 aliphatic heterocycles. The summed E-state index contributed by atoms with van der Waals surface area (Å²) in [5.74, 6) is 0.137. The quantitative estimate of drug-likeness (QED) is 0.749. The van der Waals surface area contributed by atoms with Gasteiger partial charge in [-0.1, -0.05) is 30.3 Å². The Hall–Kier alpha value is -2.21. The number of hydrogen-bond acceptors (Lipinski definition) is 4. The summed E-state index contributed by atoms with van der Waals surface area (Å²) < 4.78 is 0. The van der Waals surface area contributed by atoms with Crippen molar-refractivity contribution in [3.63, 3.8) is 0 Å². The first-order valence-corrected chi connectivity index (χ1v) is 10.5. The van der Waals surface area contributed by atoms with E-state index in [2.05, 4.69) is 45.8 Å². The molecule has 1 saturated heterocycles. The molecule has 1 aromatic rings. The molecule has 6 heteroatoms. The number of likely N-dealkylation sites (tertiary alicyclic amines) is 1. The van der Waals surface area contributed by atoms with Gasteiger partial charge in [-0.05, 0) is 57.2 Å². The van der Waals surface area contributed by atoms with Crippen molar-refractivity contribution < 1.29 is 9.59 Å². The van der Waals surface area contributed by atoms with Crippen LogP contribution in [0.25, 0.3) is 0 Å². The van der Waals surface area contributed by atoms with Crippen molar-refractivity contribution in [2.24, 2.45) is 5.10 Å². The molecule has 0 aromatic heterocycles. The number of carbonyl (C=O) groups excluding carboxylic acids is 2. The molecule has 2 amide bonds. The Morgan fingerprint density at radius 1 is 1.25 bits per heavy atom. The van der Waals surface area contributed by atoms with E-state index < -0.39 is 0 Å². The van der Waals surface area contributed by atoms with Crippen LogP contribution in [0.1, 0.15) is 50.5 Å². The topological polar surface area (TPSA) is 65.0 Å². The predicted octanol–water partition coefficient (Wildman–Crippen LogP) is 2.59. The van der Waals surface area contributed by atoms with E-state index in [1.54, 1.807) is 0 Å². The van der Waals surface area contributed by atoms with Gasteiger partial charge >= 0.3 is 0 Å². The van der Waals surface area contributed by atoms with Crippen LogP contribution in [0.4, 0.5) is 0 Å². The molecule has 0 aliphatic carbocycles. The lowest BCUT2D eigenvalue weighted by Gasteiger charge is -2.37. The highest BCUT2D eigenvalue weighted by Crippen LogP contribution is 2.17. The summed E-state index contributed by atoms with van der Waals surface area (Å²) in [6.07, 6.45) is 6.73. The van der Waals surface area contributed by atoms with Crippen LogP contribution in [-0.4, -0.2) is 60.0 Å². The third-order valence-electron chi connectivity index (χ3n) is 5.81. The summed E-state index contributed by atoms with van der Waals surface area (Å²) in [4.78, 5) is 28.2. The maximum Gasteiger partial charge on any atom is 0.240 e. The SMILES string of the molecule is CN(C(=O)CCC1=NNC(=O)CC1)C1CCCN(CCCc2ccccc2)C1. The minimum atomic E-state index is -0.0400. The van der Waals surface area contributed by atoms with E-state index >= 15 is 0 Å². The van der Waals surface area contributed by atoms with Crippen molar-refractivity contribution in [2.45, 2.75) is 57.4 Å².